The van der Waals surface area contributed by atoms with Crippen molar-refractivity contribution in [2.24, 2.45) is 0 Å². The van der Waals surface area contributed by atoms with E-state index in [1.54, 1.807) is 14.2 Å². The molecule has 0 spiro atoms. The lowest BCUT2D eigenvalue weighted by molar-refractivity contribution is -0.0301. The molecule has 1 aromatic carbocycles. The number of ether oxygens (including phenoxy) is 2. The fourth-order valence-corrected chi connectivity index (χ4v) is 2.23. The highest BCUT2D eigenvalue weighted by Gasteiger charge is 2.34. The molecule has 0 aliphatic heterocycles. The lowest BCUT2D eigenvalue weighted by Crippen LogP contribution is -2.43. The van der Waals surface area contributed by atoms with Crippen LogP contribution in [0.4, 0.5) is 0 Å². The summed E-state index contributed by atoms with van der Waals surface area (Å²) in [6.45, 7) is 7.27. The maximum Gasteiger partial charge on any atom is 0.123 e. The highest BCUT2D eigenvalue weighted by atomic mass is 16.5. The standard InChI is InChI=1S/C15H25NO2/c1-6-15(3,18-5)14(16-7-2)12-10-8-9-11-13(12)17-4/h8-11,14,16H,6-7H2,1-5H3. The Balaban J connectivity index is 3.18. The average Bonchev–Trinajstić information content (AvgIpc) is 2.44. The smallest absolute Gasteiger partial charge is 0.123 e. The minimum Gasteiger partial charge on any atom is -0.496 e. The summed E-state index contributed by atoms with van der Waals surface area (Å²) in [7, 11) is 3.47. The van der Waals surface area contributed by atoms with Crippen molar-refractivity contribution >= 4 is 0 Å². The Kier molecular flexibility index (Phi) is 5.63. The molecule has 1 N–H and O–H groups in total. The van der Waals surface area contributed by atoms with E-state index in [1.165, 1.54) is 0 Å². The largest absolute Gasteiger partial charge is 0.496 e. The first-order valence-electron chi connectivity index (χ1n) is 6.54. The number of nitrogens with one attached hydrogen (secondary N) is 1. The minimum absolute atomic E-state index is 0.119. The summed E-state index contributed by atoms with van der Waals surface area (Å²) in [6, 6.07) is 8.23. The van der Waals surface area contributed by atoms with Crippen molar-refractivity contribution in [3.05, 3.63) is 29.8 Å². The topological polar surface area (TPSA) is 30.5 Å². The maximum atomic E-state index is 5.74. The molecule has 1 aromatic rings. The number of methoxy groups -OCH3 is 2. The summed E-state index contributed by atoms with van der Waals surface area (Å²) in [5, 5.41) is 3.51. The van der Waals surface area contributed by atoms with Crippen molar-refractivity contribution < 1.29 is 9.47 Å². The molecule has 0 radical (unpaired) electrons. The van der Waals surface area contributed by atoms with Crippen molar-refractivity contribution in [2.45, 2.75) is 38.8 Å². The monoisotopic (exact) mass is 251 g/mol. The van der Waals surface area contributed by atoms with E-state index in [0.717, 1.165) is 24.3 Å². The Morgan fingerprint density at radius 3 is 2.39 bits per heavy atom. The Labute approximate surface area is 110 Å². The van der Waals surface area contributed by atoms with E-state index >= 15 is 0 Å². The number of rotatable bonds is 7. The van der Waals surface area contributed by atoms with Crippen LogP contribution in [0.3, 0.4) is 0 Å². The molecule has 1 rings (SSSR count). The molecule has 0 bridgehead atoms. The van der Waals surface area contributed by atoms with E-state index in [0.29, 0.717) is 0 Å². The fraction of sp³-hybridized carbons (Fsp3) is 0.600. The van der Waals surface area contributed by atoms with Gasteiger partial charge in [-0.25, -0.2) is 0 Å². The second kappa shape index (κ2) is 6.76. The highest BCUT2D eigenvalue weighted by molar-refractivity contribution is 5.37. The van der Waals surface area contributed by atoms with Crippen LogP contribution >= 0.6 is 0 Å². The van der Waals surface area contributed by atoms with Gasteiger partial charge in [0.15, 0.2) is 0 Å². The van der Waals surface area contributed by atoms with Crippen LogP contribution in [0.1, 0.15) is 38.8 Å². The molecule has 102 valence electrons. The molecule has 0 aliphatic rings. The van der Waals surface area contributed by atoms with E-state index in [1.807, 2.05) is 18.2 Å². The zero-order chi connectivity index (χ0) is 13.6. The molecule has 2 unspecified atom stereocenters. The number of hydrogen-bond acceptors (Lipinski definition) is 3. The van der Waals surface area contributed by atoms with Gasteiger partial charge in [0.25, 0.3) is 0 Å². The average molecular weight is 251 g/mol. The van der Waals surface area contributed by atoms with E-state index in [4.69, 9.17) is 9.47 Å². The molecule has 0 fully saturated rings. The third kappa shape index (κ3) is 3.03. The summed E-state index contributed by atoms with van der Waals surface area (Å²) in [5.41, 5.74) is 0.901. The van der Waals surface area contributed by atoms with Gasteiger partial charge in [-0.3, -0.25) is 0 Å². The van der Waals surface area contributed by atoms with Crippen molar-refractivity contribution in [1.82, 2.24) is 5.32 Å². The van der Waals surface area contributed by atoms with Crippen LogP contribution in [0.2, 0.25) is 0 Å². The van der Waals surface area contributed by atoms with Crippen LogP contribution in [-0.4, -0.2) is 26.4 Å². The minimum atomic E-state index is -0.245. The van der Waals surface area contributed by atoms with Gasteiger partial charge >= 0.3 is 0 Å². The van der Waals surface area contributed by atoms with Crippen molar-refractivity contribution in [3.8, 4) is 5.75 Å². The molecule has 18 heavy (non-hydrogen) atoms. The van der Waals surface area contributed by atoms with Gasteiger partial charge in [-0.05, 0) is 26.0 Å². The highest BCUT2D eigenvalue weighted by Crippen LogP contribution is 2.36. The molecule has 0 saturated carbocycles. The first-order valence-corrected chi connectivity index (χ1v) is 6.54. The van der Waals surface area contributed by atoms with Crippen LogP contribution in [0.5, 0.6) is 5.75 Å². The molecule has 0 amide bonds. The molecule has 0 saturated heterocycles. The summed E-state index contributed by atoms with van der Waals surface area (Å²) in [4.78, 5) is 0. The zero-order valence-corrected chi connectivity index (χ0v) is 12.1. The Morgan fingerprint density at radius 2 is 1.89 bits per heavy atom. The normalized spacial score (nSPS) is 16.1. The van der Waals surface area contributed by atoms with Gasteiger partial charge in [-0.1, -0.05) is 32.0 Å². The lowest BCUT2D eigenvalue weighted by atomic mass is 9.87. The summed E-state index contributed by atoms with van der Waals surface area (Å²) in [6.07, 6.45) is 0.930. The second-order valence-corrected chi connectivity index (χ2v) is 4.60. The van der Waals surface area contributed by atoms with Gasteiger partial charge in [0.1, 0.15) is 5.75 Å². The Morgan fingerprint density at radius 1 is 1.22 bits per heavy atom. The summed E-state index contributed by atoms with van der Waals surface area (Å²) in [5.74, 6) is 0.903. The molecule has 2 atom stereocenters. The number of hydrogen-bond donors (Lipinski definition) is 1. The molecule has 3 heteroatoms. The predicted molar refractivity (Wildman–Crippen MR) is 75.1 cm³/mol. The zero-order valence-electron chi connectivity index (χ0n) is 12.1. The Bertz CT molecular complexity index is 361. The van der Waals surface area contributed by atoms with Crippen LogP contribution in [-0.2, 0) is 4.74 Å². The second-order valence-electron chi connectivity index (χ2n) is 4.60. The number of likely N-dealkylation sites (N-methyl/N-ethyl adjacent to an activating group) is 1. The lowest BCUT2D eigenvalue weighted by Gasteiger charge is -2.37. The van der Waals surface area contributed by atoms with E-state index in [9.17, 15) is 0 Å². The summed E-state index contributed by atoms with van der Waals surface area (Å²) < 4.78 is 11.2. The van der Waals surface area contributed by atoms with Gasteiger partial charge in [0.05, 0.1) is 18.8 Å². The van der Waals surface area contributed by atoms with Crippen molar-refractivity contribution in [2.75, 3.05) is 20.8 Å². The third-order valence-corrected chi connectivity index (χ3v) is 3.64. The molecule has 3 nitrogen and oxygen atoms in total. The number of para-hydroxylation sites is 1. The molecular weight excluding hydrogens is 226 g/mol. The number of benzene rings is 1. The van der Waals surface area contributed by atoms with Gasteiger partial charge < -0.3 is 14.8 Å². The first kappa shape index (κ1) is 15.0. The van der Waals surface area contributed by atoms with Crippen LogP contribution in [0.25, 0.3) is 0 Å². The van der Waals surface area contributed by atoms with Crippen LogP contribution < -0.4 is 10.1 Å². The van der Waals surface area contributed by atoms with Crippen molar-refractivity contribution in [1.29, 1.82) is 0 Å². The van der Waals surface area contributed by atoms with E-state index in [2.05, 4.69) is 32.2 Å². The maximum absolute atomic E-state index is 5.74. The van der Waals surface area contributed by atoms with Crippen LogP contribution in [0, 0.1) is 0 Å². The molecular formula is C15H25NO2. The van der Waals surface area contributed by atoms with E-state index in [-0.39, 0.29) is 11.6 Å². The SMILES string of the molecule is CCNC(c1ccccc1OC)C(C)(CC)OC. The predicted octanol–water partition coefficient (Wildman–Crippen LogP) is 3.16. The Hall–Kier alpha value is -1.06. The quantitative estimate of drug-likeness (QED) is 0.807. The van der Waals surface area contributed by atoms with Gasteiger partial charge in [0, 0.05) is 12.7 Å². The van der Waals surface area contributed by atoms with Gasteiger partial charge in [-0.2, -0.15) is 0 Å². The molecule has 0 aromatic heterocycles. The van der Waals surface area contributed by atoms with Crippen LogP contribution in [0.15, 0.2) is 24.3 Å². The van der Waals surface area contributed by atoms with Gasteiger partial charge in [-0.15, -0.1) is 0 Å². The first-order chi connectivity index (χ1) is 8.62. The fourth-order valence-electron chi connectivity index (χ4n) is 2.23. The van der Waals surface area contributed by atoms with Gasteiger partial charge in [0.2, 0.25) is 0 Å². The molecule has 0 aliphatic carbocycles. The molecule has 0 heterocycles. The van der Waals surface area contributed by atoms with E-state index < -0.39 is 0 Å². The summed E-state index contributed by atoms with van der Waals surface area (Å²) >= 11 is 0. The third-order valence-electron chi connectivity index (χ3n) is 3.64. The van der Waals surface area contributed by atoms with Crippen molar-refractivity contribution in [3.63, 3.8) is 0 Å².